The van der Waals surface area contributed by atoms with Crippen molar-refractivity contribution in [1.82, 2.24) is 9.44 Å². The molecular formula is C22H23N3O4S. The summed E-state index contributed by atoms with van der Waals surface area (Å²) < 4.78 is 10.5. The molecule has 1 unspecified atom stereocenters. The van der Waals surface area contributed by atoms with E-state index < -0.39 is 17.2 Å². The predicted octanol–water partition coefficient (Wildman–Crippen LogP) is 3.21. The molecule has 0 radical (unpaired) electrons. The average molecular weight is 426 g/mol. The van der Waals surface area contributed by atoms with E-state index in [9.17, 15) is 14.4 Å². The van der Waals surface area contributed by atoms with Gasteiger partial charge in [-0.3, -0.25) is 14.2 Å². The van der Waals surface area contributed by atoms with Crippen LogP contribution < -0.4 is 14.8 Å². The minimum absolute atomic E-state index is 0.255. The molecular weight excluding hydrogens is 402 g/mol. The fourth-order valence-corrected chi connectivity index (χ4v) is 6.24. The van der Waals surface area contributed by atoms with Crippen LogP contribution in [0, 0.1) is 0 Å². The molecule has 0 bridgehead atoms. The van der Waals surface area contributed by atoms with Gasteiger partial charge in [0.1, 0.15) is 0 Å². The van der Waals surface area contributed by atoms with Crippen LogP contribution in [0.2, 0.25) is 0 Å². The van der Waals surface area contributed by atoms with Crippen LogP contribution in [-0.4, -0.2) is 25.0 Å². The molecule has 3 aliphatic rings. The van der Waals surface area contributed by atoms with Crippen molar-refractivity contribution in [2.75, 3.05) is 12.4 Å². The van der Waals surface area contributed by atoms with Crippen LogP contribution in [-0.2, 0) is 30.4 Å². The maximum atomic E-state index is 12.9. The largest absolute Gasteiger partial charge is 0.465 e. The second-order valence-corrected chi connectivity index (χ2v) is 9.40. The molecule has 8 heteroatoms. The number of anilines is 1. The van der Waals surface area contributed by atoms with Crippen LogP contribution >= 0.6 is 11.3 Å². The number of rotatable bonds is 3. The Labute approximate surface area is 177 Å². The summed E-state index contributed by atoms with van der Waals surface area (Å²) in [6.45, 7) is 0. The first-order chi connectivity index (χ1) is 14.5. The van der Waals surface area contributed by atoms with E-state index in [2.05, 4.69) is 20.8 Å². The van der Waals surface area contributed by atoms with Crippen molar-refractivity contribution in [3.8, 4) is 0 Å². The van der Waals surface area contributed by atoms with E-state index in [4.69, 9.17) is 4.74 Å². The molecule has 1 atom stereocenters. The van der Waals surface area contributed by atoms with Gasteiger partial charge >= 0.3 is 12.0 Å². The summed E-state index contributed by atoms with van der Waals surface area (Å²) in [7, 11) is 1.31. The number of nitrogens with one attached hydrogen (secondary N) is 3. The molecule has 156 valence electrons. The molecule has 1 heterocycles. The Kier molecular flexibility index (Phi) is 4.66. The number of hydrogen-bond donors (Lipinski definition) is 4. The van der Waals surface area contributed by atoms with Gasteiger partial charge in [0.25, 0.3) is 5.91 Å². The van der Waals surface area contributed by atoms with Gasteiger partial charge in [0, 0.05) is 10.6 Å². The van der Waals surface area contributed by atoms with Gasteiger partial charge in [0.05, 0.1) is 18.2 Å². The number of aryl methyl sites for hydroxylation is 2. The van der Waals surface area contributed by atoms with Crippen LogP contribution in [0.25, 0.3) is 0 Å². The molecule has 2 aliphatic carbocycles. The molecule has 0 aromatic heterocycles. The Morgan fingerprint density at radius 1 is 1.03 bits per heavy atom. The highest BCUT2D eigenvalue weighted by atomic mass is 32.2. The van der Waals surface area contributed by atoms with Crippen molar-refractivity contribution < 1.29 is 19.1 Å². The lowest BCUT2D eigenvalue weighted by atomic mass is 9.99. The third kappa shape index (κ3) is 3.11. The normalized spacial score (nSPS) is 19.5. The van der Waals surface area contributed by atoms with E-state index in [0.29, 0.717) is 16.0 Å². The van der Waals surface area contributed by atoms with E-state index in [1.165, 1.54) is 29.4 Å². The van der Waals surface area contributed by atoms with Gasteiger partial charge in [-0.2, -0.15) is 0 Å². The second-order valence-electron chi connectivity index (χ2n) is 7.80. The zero-order valence-corrected chi connectivity index (χ0v) is 17.5. The molecule has 0 saturated carbocycles. The molecule has 3 amide bonds. The quantitative estimate of drug-likeness (QED) is 0.449. The molecule has 0 saturated heterocycles. The maximum Gasteiger partial charge on any atom is 0.337 e. The highest BCUT2D eigenvalue weighted by Crippen LogP contribution is 2.40. The van der Waals surface area contributed by atoms with Gasteiger partial charge in [-0.15, -0.1) is 0 Å². The lowest BCUT2D eigenvalue weighted by molar-refractivity contribution is 0.0600. The van der Waals surface area contributed by atoms with Crippen molar-refractivity contribution in [3.63, 3.8) is 0 Å². The fraction of sp³-hybridized carbons (Fsp3) is 0.318. The predicted molar refractivity (Wildman–Crippen MR) is 115 cm³/mol. The number of esters is 1. The first-order valence-electron chi connectivity index (χ1n) is 10.1. The van der Waals surface area contributed by atoms with Crippen molar-refractivity contribution in [1.29, 1.82) is 0 Å². The summed E-state index contributed by atoms with van der Waals surface area (Å²) in [4.78, 5) is 37.7. The highest BCUT2D eigenvalue weighted by Gasteiger charge is 2.30. The Bertz CT molecular complexity index is 1070. The minimum Gasteiger partial charge on any atom is -0.465 e. The van der Waals surface area contributed by atoms with Crippen molar-refractivity contribution >= 4 is 34.9 Å². The smallest absolute Gasteiger partial charge is 0.337 e. The average Bonchev–Trinajstić information content (AvgIpc) is 3.46. The summed E-state index contributed by atoms with van der Waals surface area (Å²) in [6.07, 6.45) is 6.31. The number of fused-ring (bicyclic) bond motifs is 3. The number of amides is 3. The van der Waals surface area contributed by atoms with E-state index in [1.807, 2.05) is 0 Å². The van der Waals surface area contributed by atoms with E-state index in [0.717, 1.165) is 44.2 Å². The van der Waals surface area contributed by atoms with Crippen LogP contribution in [0.15, 0.2) is 29.2 Å². The number of carbonyl (C=O) groups is 3. The van der Waals surface area contributed by atoms with Gasteiger partial charge < -0.3 is 10.1 Å². The minimum atomic E-state index is -1.46. The summed E-state index contributed by atoms with van der Waals surface area (Å²) in [5.41, 5.74) is 6.97. The van der Waals surface area contributed by atoms with E-state index in [-0.39, 0.29) is 11.9 Å². The van der Waals surface area contributed by atoms with E-state index in [1.54, 1.807) is 18.2 Å². The molecule has 3 N–H and O–H groups in total. The Morgan fingerprint density at radius 3 is 2.40 bits per heavy atom. The number of hydrogen-bond acceptors (Lipinski definition) is 4. The first kappa shape index (κ1) is 19.0. The molecule has 2 aromatic carbocycles. The molecule has 7 nitrogen and oxygen atoms in total. The number of benzene rings is 2. The summed E-state index contributed by atoms with van der Waals surface area (Å²) >= 11 is -1.46. The monoisotopic (exact) mass is 425 g/mol. The molecule has 0 spiro atoms. The zero-order valence-electron chi connectivity index (χ0n) is 16.6. The number of methoxy groups -OCH3 is 1. The van der Waals surface area contributed by atoms with Crippen LogP contribution in [0.5, 0.6) is 0 Å². The SMILES string of the molecule is COC(=O)c1ccc2c(c1)[SH](NC(=O)Nc1c3c(cc4c1CCC4)CCC3)NC2=O. The van der Waals surface area contributed by atoms with Gasteiger partial charge in [-0.05, 0) is 79.0 Å². The third-order valence-electron chi connectivity index (χ3n) is 6.04. The molecule has 1 aliphatic heterocycles. The van der Waals surface area contributed by atoms with Gasteiger partial charge in [0.15, 0.2) is 0 Å². The second kappa shape index (κ2) is 7.36. The standard InChI is InChI=1S/C22H23N3O4S/c1-29-21(27)14-8-9-17-18(11-14)30(24-20(17)26)25-22(28)23-19-15-6-2-4-12(15)10-13-5-3-7-16(13)19/h8-11,30H,2-7H2,1H3,(H,24,26)(H2,23,25,28). The summed E-state index contributed by atoms with van der Waals surface area (Å²) in [5.74, 6) is -0.735. The zero-order chi connectivity index (χ0) is 20.8. The van der Waals surface area contributed by atoms with Crippen molar-refractivity contribution in [2.45, 2.75) is 43.4 Å². The van der Waals surface area contributed by atoms with Gasteiger partial charge in [-0.25, -0.2) is 9.59 Å². The number of urea groups is 1. The summed E-state index contributed by atoms with van der Waals surface area (Å²) in [6, 6.07) is 6.74. The topological polar surface area (TPSA) is 96.5 Å². The fourth-order valence-electron chi connectivity index (χ4n) is 4.67. The van der Waals surface area contributed by atoms with Crippen LogP contribution in [0.4, 0.5) is 10.5 Å². The molecule has 2 aromatic rings. The van der Waals surface area contributed by atoms with Crippen LogP contribution in [0.3, 0.4) is 0 Å². The number of ether oxygens (including phenoxy) is 1. The summed E-state index contributed by atoms with van der Waals surface area (Å²) in [5, 5.41) is 3.09. The molecule has 5 rings (SSSR count). The van der Waals surface area contributed by atoms with E-state index >= 15 is 0 Å². The van der Waals surface area contributed by atoms with Gasteiger partial charge in [-0.1, -0.05) is 17.3 Å². The highest BCUT2D eigenvalue weighted by molar-refractivity contribution is 8.15. The lowest BCUT2D eigenvalue weighted by Crippen LogP contribution is -2.31. The van der Waals surface area contributed by atoms with Crippen molar-refractivity contribution in [3.05, 3.63) is 57.6 Å². The lowest BCUT2D eigenvalue weighted by Gasteiger charge is -2.21. The Morgan fingerprint density at radius 2 is 1.73 bits per heavy atom. The first-order valence-corrected chi connectivity index (χ1v) is 11.5. The third-order valence-corrected chi connectivity index (χ3v) is 7.75. The Balaban J connectivity index is 1.40. The maximum absolute atomic E-state index is 12.9. The Hall–Kier alpha value is -3.00. The number of carbonyl (C=O) groups excluding carboxylic acids is 3. The van der Waals surface area contributed by atoms with Crippen molar-refractivity contribution in [2.24, 2.45) is 0 Å². The molecule has 30 heavy (non-hydrogen) atoms. The van der Waals surface area contributed by atoms with Crippen LogP contribution in [0.1, 0.15) is 55.8 Å². The molecule has 0 fully saturated rings. The van der Waals surface area contributed by atoms with Gasteiger partial charge in [0.2, 0.25) is 0 Å². The number of thiol groups is 1.